The summed E-state index contributed by atoms with van der Waals surface area (Å²) in [4.78, 5) is 18.4. The summed E-state index contributed by atoms with van der Waals surface area (Å²) in [6.07, 6.45) is -1.68. The number of alkyl halides is 2. The molecule has 0 spiro atoms. The molecule has 0 aromatic carbocycles. The average molecular weight is 386 g/mol. The van der Waals surface area contributed by atoms with E-state index >= 15 is 0 Å². The van der Waals surface area contributed by atoms with E-state index < -0.39 is 17.9 Å². The molecule has 6 nitrogen and oxygen atoms in total. The van der Waals surface area contributed by atoms with Gasteiger partial charge in [-0.3, -0.25) is 9.80 Å². The summed E-state index contributed by atoms with van der Waals surface area (Å²) in [6.45, 7) is 10.8. The van der Waals surface area contributed by atoms with Crippen molar-refractivity contribution in [2.45, 2.75) is 50.8 Å². The van der Waals surface area contributed by atoms with E-state index in [1.54, 1.807) is 4.90 Å². The second-order valence-electron chi connectivity index (χ2n) is 9.70. The standard InChI is InChI=1S/C19H32F2N4O2/c1-19(2,3)27-18(26)25-6-13(7-25)17(24-10-15(21)11-24)16-12(4-22-16)5-23-8-14(20)9-23/h12-17,22H,4-11H2,1-3H3. The first kappa shape index (κ1) is 19.3. The molecule has 0 aromatic rings. The third-order valence-corrected chi connectivity index (χ3v) is 6.23. The highest BCUT2D eigenvalue weighted by Crippen LogP contribution is 2.35. The largest absolute Gasteiger partial charge is 0.444 e. The Labute approximate surface area is 160 Å². The summed E-state index contributed by atoms with van der Waals surface area (Å²) in [7, 11) is 0. The van der Waals surface area contributed by atoms with Crippen LogP contribution in [0.5, 0.6) is 0 Å². The van der Waals surface area contributed by atoms with Gasteiger partial charge in [-0.2, -0.15) is 0 Å². The van der Waals surface area contributed by atoms with Gasteiger partial charge in [0.2, 0.25) is 0 Å². The Balaban J connectivity index is 1.33. The summed E-state index contributed by atoms with van der Waals surface area (Å²) < 4.78 is 32.1. The Morgan fingerprint density at radius 2 is 1.74 bits per heavy atom. The highest BCUT2D eigenvalue weighted by atomic mass is 19.1. The SMILES string of the molecule is CC(C)(C)OC(=O)N1CC(C(C2NCC2CN2CC(F)C2)N2CC(F)C2)C1. The van der Waals surface area contributed by atoms with Gasteiger partial charge in [0.05, 0.1) is 0 Å². The van der Waals surface area contributed by atoms with Crippen LogP contribution in [0, 0.1) is 11.8 Å². The molecule has 3 unspecified atom stereocenters. The predicted octanol–water partition coefficient (Wildman–Crippen LogP) is 1.12. The Bertz CT molecular complexity index is 554. The van der Waals surface area contributed by atoms with Crippen LogP contribution in [0.3, 0.4) is 0 Å². The van der Waals surface area contributed by atoms with Crippen molar-refractivity contribution in [1.82, 2.24) is 20.0 Å². The number of nitrogens with zero attached hydrogens (tertiary/aromatic N) is 3. The molecule has 4 aliphatic heterocycles. The predicted molar refractivity (Wildman–Crippen MR) is 98.2 cm³/mol. The number of hydrogen-bond donors (Lipinski definition) is 1. The monoisotopic (exact) mass is 386 g/mol. The molecule has 4 heterocycles. The summed E-state index contributed by atoms with van der Waals surface area (Å²) >= 11 is 0. The van der Waals surface area contributed by atoms with Crippen LogP contribution >= 0.6 is 0 Å². The summed E-state index contributed by atoms with van der Waals surface area (Å²) in [6, 6.07) is 0.527. The number of nitrogens with one attached hydrogen (secondary N) is 1. The molecule has 3 atom stereocenters. The Kier molecular flexibility index (Phi) is 5.10. The number of hydrogen-bond acceptors (Lipinski definition) is 5. The van der Waals surface area contributed by atoms with Crippen molar-refractivity contribution in [2.24, 2.45) is 11.8 Å². The van der Waals surface area contributed by atoms with Crippen LogP contribution in [0.25, 0.3) is 0 Å². The maximum Gasteiger partial charge on any atom is 0.410 e. The summed E-state index contributed by atoms with van der Waals surface area (Å²) in [5, 5.41) is 3.54. The molecular weight excluding hydrogens is 354 g/mol. The van der Waals surface area contributed by atoms with Gasteiger partial charge in [-0.25, -0.2) is 13.6 Å². The van der Waals surface area contributed by atoms with Crippen LogP contribution in [0.1, 0.15) is 20.8 Å². The van der Waals surface area contributed by atoms with E-state index in [4.69, 9.17) is 4.74 Å². The normalized spacial score (nSPS) is 32.3. The van der Waals surface area contributed by atoms with Crippen LogP contribution in [-0.4, -0.2) is 103 Å². The van der Waals surface area contributed by atoms with Crippen molar-refractivity contribution in [3.8, 4) is 0 Å². The highest BCUT2D eigenvalue weighted by molar-refractivity contribution is 5.69. The zero-order chi connectivity index (χ0) is 19.3. The van der Waals surface area contributed by atoms with Crippen molar-refractivity contribution in [3.05, 3.63) is 0 Å². The first-order chi connectivity index (χ1) is 12.7. The summed E-state index contributed by atoms with van der Waals surface area (Å²) in [5.74, 6) is 0.798. The molecule has 0 radical (unpaired) electrons. The minimum atomic E-state index is -0.740. The molecule has 154 valence electrons. The maximum atomic E-state index is 13.5. The molecule has 4 rings (SSSR count). The molecule has 1 amide bonds. The van der Waals surface area contributed by atoms with Gasteiger partial charge < -0.3 is 15.0 Å². The number of ether oxygens (including phenoxy) is 1. The molecule has 0 aliphatic carbocycles. The number of rotatable bonds is 5. The molecule has 0 aromatic heterocycles. The minimum Gasteiger partial charge on any atom is -0.444 e. The van der Waals surface area contributed by atoms with Crippen molar-refractivity contribution in [2.75, 3.05) is 52.4 Å². The van der Waals surface area contributed by atoms with Gasteiger partial charge in [-0.05, 0) is 20.8 Å². The topological polar surface area (TPSA) is 48.1 Å². The van der Waals surface area contributed by atoms with E-state index in [-0.39, 0.29) is 12.1 Å². The number of carbonyl (C=O) groups is 1. The Morgan fingerprint density at radius 3 is 2.22 bits per heavy atom. The molecule has 4 aliphatic rings. The molecule has 4 fully saturated rings. The minimum absolute atomic E-state index is 0.233. The molecule has 4 saturated heterocycles. The smallest absolute Gasteiger partial charge is 0.410 e. The van der Waals surface area contributed by atoms with Gasteiger partial charge in [0.1, 0.15) is 17.9 Å². The van der Waals surface area contributed by atoms with Crippen molar-refractivity contribution in [3.63, 3.8) is 0 Å². The van der Waals surface area contributed by atoms with Gasteiger partial charge in [0.15, 0.2) is 0 Å². The van der Waals surface area contributed by atoms with Crippen LogP contribution in [0.4, 0.5) is 13.6 Å². The van der Waals surface area contributed by atoms with Crippen molar-refractivity contribution >= 4 is 6.09 Å². The van der Waals surface area contributed by atoms with E-state index in [9.17, 15) is 13.6 Å². The van der Waals surface area contributed by atoms with Crippen molar-refractivity contribution < 1.29 is 18.3 Å². The number of likely N-dealkylation sites (tertiary alicyclic amines) is 3. The third kappa shape index (κ3) is 4.07. The second kappa shape index (κ2) is 7.12. The van der Waals surface area contributed by atoms with E-state index in [0.29, 0.717) is 57.1 Å². The van der Waals surface area contributed by atoms with Crippen LogP contribution < -0.4 is 5.32 Å². The van der Waals surface area contributed by atoms with E-state index in [2.05, 4.69) is 15.1 Å². The number of carbonyl (C=O) groups excluding carboxylic acids is 1. The zero-order valence-electron chi connectivity index (χ0n) is 16.5. The molecule has 1 N–H and O–H groups in total. The first-order valence-corrected chi connectivity index (χ1v) is 10.2. The number of halogens is 2. The van der Waals surface area contributed by atoms with Crippen molar-refractivity contribution in [1.29, 1.82) is 0 Å². The fourth-order valence-corrected chi connectivity index (χ4v) is 4.71. The van der Waals surface area contributed by atoms with Gasteiger partial charge in [0.25, 0.3) is 0 Å². The Hall–Kier alpha value is -0.990. The maximum absolute atomic E-state index is 13.5. The highest BCUT2D eigenvalue weighted by Gasteiger charge is 2.51. The van der Waals surface area contributed by atoms with Crippen LogP contribution in [-0.2, 0) is 4.74 Å². The second-order valence-corrected chi connectivity index (χ2v) is 9.70. The quantitative estimate of drug-likeness (QED) is 0.767. The fourth-order valence-electron chi connectivity index (χ4n) is 4.71. The number of amides is 1. The molecule has 0 bridgehead atoms. The molecular formula is C19H32F2N4O2. The van der Waals surface area contributed by atoms with Gasteiger partial charge in [0, 0.05) is 76.3 Å². The van der Waals surface area contributed by atoms with Crippen LogP contribution in [0.2, 0.25) is 0 Å². The molecule has 27 heavy (non-hydrogen) atoms. The molecule has 0 saturated carbocycles. The van der Waals surface area contributed by atoms with E-state index in [1.807, 2.05) is 20.8 Å². The summed E-state index contributed by atoms with van der Waals surface area (Å²) in [5.41, 5.74) is -0.493. The zero-order valence-corrected chi connectivity index (χ0v) is 16.5. The Morgan fingerprint density at radius 1 is 1.11 bits per heavy atom. The third-order valence-electron chi connectivity index (χ3n) is 6.23. The van der Waals surface area contributed by atoms with Gasteiger partial charge in [-0.15, -0.1) is 0 Å². The lowest BCUT2D eigenvalue weighted by molar-refractivity contribution is -0.0816. The average Bonchev–Trinajstić information content (AvgIpc) is 2.41. The van der Waals surface area contributed by atoms with Gasteiger partial charge in [-0.1, -0.05) is 0 Å². The van der Waals surface area contributed by atoms with Gasteiger partial charge >= 0.3 is 6.09 Å². The molecule has 8 heteroatoms. The lowest BCUT2D eigenvalue weighted by atomic mass is 9.75. The van der Waals surface area contributed by atoms with E-state index in [1.165, 1.54) is 0 Å². The van der Waals surface area contributed by atoms with E-state index in [0.717, 1.165) is 13.1 Å². The first-order valence-electron chi connectivity index (χ1n) is 10.2. The fraction of sp³-hybridized carbons (Fsp3) is 0.947. The lowest BCUT2D eigenvalue weighted by Crippen LogP contribution is -2.74. The lowest BCUT2D eigenvalue weighted by Gasteiger charge is -2.57. The van der Waals surface area contributed by atoms with Crippen LogP contribution in [0.15, 0.2) is 0 Å².